The van der Waals surface area contributed by atoms with Crippen LogP contribution in [0.1, 0.15) is 48.0 Å². The van der Waals surface area contributed by atoms with Gasteiger partial charge < -0.3 is 9.47 Å². The third-order valence-corrected chi connectivity index (χ3v) is 5.00. The summed E-state index contributed by atoms with van der Waals surface area (Å²) in [5.41, 5.74) is 3.87. The minimum Gasteiger partial charge on any atom is -0.345 e. The summed E-state index contributed by atoms with van der Waals surface area (Å²) in [5, 5.41) is 0. The highest BCUT2D eigenvalue weighted by molar-refractivity contribution is 5.94. The molecule has 3 nitrogen and oxygen atoms in total. The topological polar surface area (TPSA) is 25.2 Å². The zero-order valence-corrected chi connectivity index (χ0v) is 17.4. The summed E-state index contributed by atoms with van der Waals surface area (Å²) in [4.78, 5) is 15.1. The molecular weight excluding hydrogens is 363 g/mol. The van der Waals surface area contributed by atoms with Crippen LogP contribution in [0.3, 0.4) is 0 Å². The number of nitrogens with zero attached hydrogens (tertiary/aromatic N) is 2. The molecule has 4 heteroatoms. The van der Waals surface area contributed by atoms with Gasteiger partial charge in [0.25, 0.3) is 5.91 Å². The zero-order chi connectivity index (χ0) is 20.8. The summed E-state index contributed by atoms with van der Waals surface area (Å²) in [6.45, 7) is 8.12. The van der Waals surface area contributed by atoms with Gasteiger partial charge in [0, 0.05) is 30.5 Å². The van der Waals surface area contributed by atoms with Crippen molar-refractivity contribution in [2.75, 3.05) is 6.54 Å². The van der Waals surface area contributed by atoms with Crippen LogP contribution in [0.15, 0.2) is 66.9 Å². The predicted octanol–water partition coefficient (Wildman–Crippen LogP) is 5.54. The Morgan fingerprint density at radius 2 is 1.79 bits per heavy atom. The summed E-state index contributed by atoms with van der Waals surface area (Å²) < 4.78 is 15.6. The third-order valence-electron chi connectivity index (χ3n) is 5.00. The van der Waals surface area contributed by atoms with E-state index in [2.05, 4.69) is 25.3 Å². The number of carbonyl (C=O) groups excluding carboxylic acids is 1. The van der Waals surface area contributed by atoms with E-state index in [9.17, 15) is 9.18 Å². The summed E-state index contributed by atoms with van der Waals surface area (Å²) in [5.74, 6) is 0.170. The van der Waals surface area contributed by atoms with E-state index in [1.54, 1.807) is 12.1 Å². The molecule has 0 atom stereocenters. The van der Waals surface area contributed by atoms with Crippen molar-refractivity contribution in [1.82, 2.24) is 9.47 Å². The maximum atomic E-state index is 13.5. The van der Waals surface area contributed by atoms with Crippen molar-refractivity contribution in [3.8, 4) is 0 Å². The van der Waals surface area contributed by atoms with Crippen LogP contribution in [-0.2, 0) is 19.5 Å². The number of benzene rings is 2. The van der Waals surface area contributed by atoms with E-state index in [1.807, 2.05) is 53.6 Å². The van der Waals surface area contributed by atoms with E-state index in [1.165, 1.54) is 11.6 Å². The molecule has 0 aliphatic rings. The van der Waals surface area contributed by atoms with E-state index >= 15 is 0 Å². The van der Waals surface area contributed by atoms with Gasteiger partial charge in [-0.05, 0) is 59.9 Å². The summed E-state index contributed by atoms with van der Waals surface area (Å²) in [6, 6.07) is 18.5. The number of aryl methyl sites for hydroxylation is 1. The number of hydrogen-bond acceptors (Lipinski definition) is 1. The molecule has 0 spiro atoms. The fourth-order valence-electron chi connectivity index (χ4n) is 3.50. The van der Waals surface area contributed by atoms with Crippen molar-refractivity contribution in [1.29, 1.82) is 0 Å². The SMILES string of the molecule is CCc1ccc(C(=O)N(Cc2cccn2Cc2cccc(F)c2)CC(C)C)cc1. The van der Waals surface area contributed by atoms with Gasteiger partial charge >= 0.3 is 0 Å². The second-order valence-electron chi connectivity index (χ2n) is 7.89. The van der Waals surface area contributed by atoms with Crippen molar-refractivity contribution >= 4 is 5.91 Å². The molecular formula is C25H29FN2O. The van der Waals surface area contributed by atoms with Crippen molar-refractivity contribution in [2.45, 2.75) is 40.3 Å². The Bertz CT molecular complexity index is 943. The molecule has 1 aromatic heterocycles. The number of hydrogen-bond donors (Lipinski definition) is 0. The normalized spacial score (nSPS) is 11.1. The lowest BCUT2D eigenvalue weighted by molar-refractivity contribution is 0.0718. The molecule has 1 heterocycles. The highest BCUT2D eigenvalue weighted by atomic mass is 19.1. The Labute approximate surface area is 172 Å². The molecule has 0 bridgehead atoms. The largest absolute Gasteiger partial charge is 0.345 e. The molecule has 0 radical (unpaired) electrons. The van der Waals surface area contributed by atoms with Gasteiger partial charge in [-0.25, -0.2) is 4.39 Å². The molecule has 0 saturated heterocycles. The summed E-state index contributed by atoms with van der Waals surface area (Å²) in [7, 11) is 0. The number of rotatable bonds is 8. The van der Waals surface area contributed by atoms with Crippen LogP contribution < -0.4 is 0 Å². The molecule has 0 fully saturated rings. The Kier molecular flexibility index (Phi) is 6.86. The van der Waals surface area contributed by atoms with E-state index in [0.717, 1.165) is 17.7 Å². The summed E-state index contributed by atoms with van der Waals surface area (Å²) in [6.07, 6.45) is 2.94. The maximum Gasteiger partial charge on any atom is 0.254 e. The Balaban J connectivity index is 1.80. The molecule has 0 unspecified atom stereocenters. The van der Waals surface area contributed by atoms with Gasteiger partial charge in [0.1, 0.15) is 5.82 Å². The lowest BCUT2D eigenvalue weighted by Gasteiger charge is -2.25. The smallest absolute Gasteiger partial charge is 0.254 e. The first-order valence-corrected chi connectivity index (χ1v) is 10.2. The van der Waals surface area contributed by atoms with Gasteiger partial charge in [-0.1, -0.05) is 45.0 Å². The van der Waals surface area contributed by atoms with E-state index in [0.29, 0.717) is 31.1 Å². The predicted molar refractivity (Wildman–Crippen MR) is 115 cm³/mol. The van der Waals surface area contributed by atoms with Crippen LogP contribution in [-0.4, -0.2) is 21.9 Å². The van der Waals surface area contributed by atoms with Crippen molar-refractivity contribution < 1.29 is 9.18 Å². The first-order chi connectivity index (χ1) is 14.0. The Morgan fingerprint density at radius 1 is 1.03 bits per heavy atom. The first-order valence-electron chi connectivity index (χ1n) is 10.2. The van der Waals surface area contributed by atoms with Crippen molar-refractivity contribution in [2.24, 2.45) is 5.92 Å². The Morgan fingerprint density at radius 3 is 2.45 bits per heavy atom. The van der Waals surface area contributed by atoms with Crippen molar-refractivity contribution in [3.05, 3.63) is 95.1 Å². The zero-order valence-electron chi connectivity index (χ0n) is 17.4. The van der Waals surface area contributed by atoms with Gasteiger partial charge in [0.2, 0.25) is 0 Å². The van der Waals surface area contributed by atoms with Gasteiger partial charge in [-0.2, -0.15) is 0 Å². The molecule has 3 aromatic rings. The lowest BCUT2D eigenvalue weighted by atomic mass is 10.1. The first kappa shape index (κ1) is 20.8. The van der Waals surface area contributed by atoms with Gasteiger partial charge in [0.15, 0.2) is 0 Å². The van der Waals surface area contributed by atoms with Crippen LogP contribution in [0, 0.1) is 11.7 Å². The molecule has 29 heavy (non-hydrogen) atoms. The number of carbonyl (C=O) groups is 1. The van der Waals surface area contributed by atoms with E-state index in [4.69, 9.17) is 0 Å². The van der Waals surface area contributed by atoms with Gasteiger partial charge in [-0.3, -0.25) is 4.79 Å². The van der Waals surface area contributed by atoms with Gasteiger partial charge in [0.05, 0.1) is 6.54 Å². The minimum absolute atomic E-state index is 0.0415. The highest BCUT2D eigenvalue weighted by Gasteiger charge is 2.19. The van der Waals surface area contributed by atoms with E-state index < -0.39 is 0 Å². The fourth-order valence-corrected chi connectivity index (χ4v) is 3.50. The standard InChI is InChI=1S/C25H29FN2O/c1-4-20-10-12-22(13-11-20)25(29)28(16-19(2)3)18-24-9-6-14-27(24)17-21-7-5-8-23(26)15-21/h5-15,19H,4,16-18H2,1-3H3. The van der Waals surface area contributed by atoms with Gasteiger partial charge in [-0.15, -0.1) is 0 Å². The lowest BCUT2D eigenvalue weighted by Crippen LogP contribution is -2.34. The summed E-state index contributed by atoms with van der Waals surface area (Å²) >= 11 is 0. The molecule has 0 aliphatic heterocycles. The Hall–Kier alpha value is -2.88. The number of aromatic nitrogens is 1. The number of halogens is 1. The van der Waals surface area contributed by atoms with Crippen LogP contribution in [0.5, 0.6) is 0 Å². The fraction of sp³-hybridized carbons (Fsp3) is 0.320. The van der Waals surface area contributed by atoms with Crippen molar-refractivity contribution in [3.63, 3.8) is 0 Å². The molecule has 0 N–H and O–H groups in total. The van der Waals surface area contributed by atoms with Crippen LogP contribution >= 0.6 is 0 Å². The van der Waals surface area contributed by atoms with E-state index in [-0.39, 0.29) is 11.7 Å². The second-order valence-corrected chi connectivity index (χ2v) is 7.89. The minimum atomic E-state index is -0.233. The third kappa shape index (κ3) is 5.57. The second kappa shape index (κ2) is 9.55. The molecule has 0 saturated carbocycles. The average Bonchev–Trinajstić information content (AvgIpc) is 3.13. The maximum absolute atomic E-state index is 13.5. The van der Waals surface area contributed by atoms with Crippen LogP contribution in [0.25, 0.3) is 0 Å². The van der Waals surface area contributed by atoms with Crippen LogP contribution in [0.2, 0.25) is 0 Å². The average molecular weight is 393 g/mol. The molecule has 0 aliphatic carbocycles. The highest BCUT2D eigenvalue weighted by Crippen LogP contribution is 2.16. The number of amides is 1. The quantitative estimate of drug-likeness (QED) is 0.494. The monoisotopic (exact) mass is 392 g/mol. The molecule has 2 aromatic carbocycles. The molecule has 1 amide bonds. The molecule has 3 rings (SSSR count). The molecule has 152 valence electrons. The van der Waals surface area contributed by atoms with Crippen LogP contribution in [0.4, 0.5) is 4.39 Å².